The number of nitrogens with one attached hydrogen (secondary N) is 1. The molecule has 0 amide bonds. The van der Waals surface area contributed by atoms with E-state index in [0.29, 0.717) is 0 Å². The van der Waals surface area contributed by atoms with Crippen molar-refractivity contribution in [3.05, 3.63) is 18.0 Å². The van der Waals surface area contributed by atoms with Crippen molar-refractivity contribution in [1.82, 2.24) is 14.7 Å². The zero-order valence-corrected chi connectivity index (χ0v) is 8.53. The molecule has 1 aromatic rings. The van der Waals surface area contributed by atoms with E-state index in [1.54, 1.807) is 0 Å². The molecule has 1 fully saturated rings. The Morgan fingerprint density at radius 1 is 1.57 bits per heavy atom. The topological polar surface area (TPSA) is 44.9 Å². The van der Waals surface area contributed by atoms with Gasteiger partial charge in [0.1, 0.15) is 0 Å². The Morgan fingerprint density at radius 3 is 3.00 bits per heavy atom. The zero-order valence-electron chi connectivity index (χ0n) is 8.53. The van der Waals surface area contributed by atoms with Gasteiger partial charge in [-0.3, -0.25) is 10.1 Å². The van der Waals surface area contributed by atoms with Crippen LogP contribution in [0.3, 0.4) is 0 Å². The van der Waals surface area contributed by atoms with E-state index >= 15 is 0 Å². The summed E-state index contributed by atoms with van der Waals surface area (Å²) in [6.45, 7) is 2.02. The van der Waals surface area contributed by atoms with Crippen LogP contribution >= 0.6 is 0 Å². The number of nitrogens with zero attached hydrogens (tertiary/aromatic N) is 3. The van der Waals surface area contributed by atoms with Crippen molar-refractivity contribution in [1.29, 1.82) is 5.41 Å². The summed E-state index contributed by atoms with van der Waals surface area (Å²) in [5, 5.41) is 11.8. The van der Waals surface area contributed by atoms with E-state index in [-0.39, 0.29) is 0 Å². The lowest BCUT2D eigenvalue weighted by Crippen LogP contribution is -2.26. The summed E-state index contributed by atoms with van der Waals surface area (Å²) in [5.74, 6) is 0.800. The molecule has 76 valence electrons. The Bertz CT molecular complexity index is 329. The lowest BCUT2D eigenvalue weighted by molar-refractivity contribution is 0.455. The molecule has 1 aliphatic heterocycles. The van der Waals surface area contributed by atoms with Crippen LogP contribution in [0.25, 0.3) is 0 Å². The molecule has 0 aliphatic carbocycles. The van der Waals surface area contributed by atoms with Crippen LogP contribution in [-0.4, -0.2) is 33.6 Å². The molecule has 4 heteroatoms. The highest BCUT2D eigenvalue weighted by Gasteiger charge is 2.15. The Labute approximate surface area is 84.0 Å². The van der Waals surface area contributed by atoms with Gasteiger partial charge in [0.2, 0.25) is 0 Å². The van der Waals surface area contributed by atoms with E-state index in [4.69, 9.17) is 5.41 Å². The van der Waals surface area contributed by atoms with Crippen molar-refractivity contribution in [2.24, 2.45) is 7.05 Å². The van der Waals surface area contributed by atoms with Crippen molar-refractivity contribution in [3.8, 4) is 0 Å². The largest absolute Gasteiger partial charge is 0.360 e. The van der Waals surface area contributed by atoms with E-state index in [0.717, 1.165) is 38.2 Å². The number of aromatic nitrogens is 2. The fourth-order valence-corrected chi connectivity index (χ4v) is 1.84. The second kappa shape index (κ2) is 3.82. The van der Waals surface area contributed by atoms with Crippen LogP contribution in [0.1, 0.15) is 18.4 Å². The summed E-state index contributed by atoms with van der Waals surface area (Å²) < 4.78 is 1.82. The van der Waals surface area contributed by atoms with Crippen molar-refractivity contribution in [2.45, 2.75) is 19.3 Å². The van der Waals surface area contributed by atoms with E-state index in [1.807, 2.05) is 24.1 Å². The molecule has 0 radical (unpaired) electrons. The van der Waals surface area contributed by atoms with Crippen LogP contribution in [0.4, 0.5) is 0 Å². The quantitative estimate of drug-likeness (QED) is 0.777. The number of aryl methyl sites for hydroxylation is 1. The third-order valence-corrected chi connectivity index (χ3v) is 2.65. The maximum Gasteiger partial charge on any atom is 0.0958 e. The fraction of sp³-hybridized carbons (Fsp3) is 0.600. The molecule has 0 spiro atoms. The zero-order chi connectivity index (χ0) is 9.97. The standard InChI is InChI=1S/C10H16N4/c1-13-8-9(7-12-13)4-6-14-5-2-3-10(14)11/h7-8,11H,2-6H2,1H3. The van der Waals surface area contributed by atoms with Gasteiger partial charge in [0.15, 0.2) is 0 Å². The molecule has 1 saturated heterocycles. The molecule has 2 rings (SSSR count). The second-order valence-electron chi connectivity index (χ2n) is 3.81. The first-order valence-corrected chi connectivity index (χ1v) is 5.05. The Morgan fingerprint density at radius 2 is 2.43 bits per heavy atom. The molecule has 0 unspecified atom stereocenters. The molecule has 0 saturated carbocycles. The number of hydrogen-bond acceptors (Lipinski definition) is 2. The maximum absolute atomic E-state index is 7.68. The molecular formula is C10H16N4. The summed E-state index contributed by atoms with van der Waals surface area (Å²) in [7, 11) is 1.93. The Kier molecular flexibility index (Phi) is 2.52. The van der Waals surface area contributed by atoms with Crippen molar-refractivity contribution in [2.75, 3.05) is 13.1 Å². The highest BCUT2D eigenvalue weighted by Crippen LogP contribution is 2.10. The average molecular weight is 192 g/mol. The normalized spacial score (nSPS) is 16.6. The van der Waals surface area contributed by atoms with Gasteiger partial charge in [-0.15, -0.1) is 0 Å². The minimum Gasteiger partial charge on any atom is -0.360 e. The second-order valence-corrected chi connectivity index (χ2v) is 3.81. The third-order valence-electron chi connectivity index (χ3n) is 2.65. The van der Waals surface area contributed by atoms with Crippen LogP contribution in [0, 0.1) is 5.41 Å². The van der Waals surface area contributed by atoms with Crippen LogP contribution < -0.4 is 0 Å². The first kappa shape index (κ1) is 9.24. The van der Waals surface area contributed by atoms with E-state index < -0.39 is 0 Å². The lowest BCUT2D eigenvalue weighted by Gasteiger charge is -2.16. The summed E-state index contributed by atoms with van der Waals surface area (Å²) in [6, 6.07) is 0. The minimum absolute atomic E-state index is 0.800. The summed E-state index contributed by atoms with van der Waals surface area (Å²) >= 11 is 0. The molecule has 4 nitrogen and oxygen atoms in total. The fourth-order valence-electron chi connectivity index (χ4n) is 1.84. The smallest absolute Gasteiger partial charge is 0.0958 e. The Hall–Kier alpha value is -1.32. The van der Waals surface area contributed by atoms with Gasteiger partial charge in [0.05, 0.1) is 12.0 Å². The van der Waals surface area contributed by atoms with Crippen molar-refractivity contribution in [3.63, 3.8) is 0 Å². The van der Waals surface area contributed by atoms with E-state index in [9.17, 15) is 0 Å². The monoisotopic (exact) mass is 192 g/mol. The van der Waals surface area contributed by atoms with Crippen LogP contribution in [0.15, 0.2) is 12.4 Å². The highest BCUT2D eigenvalue weighted by molar-refractivity contribution is 5.80. The minimum atomic E-state index is 0.800. The molecule has 1 aliphatic rings. The van der Waals surface area contributed by atoms with Gasteiger partial charge in [-0.1, -0.05) is 0 Å². The van der Waals surface area contributed by atoms with Gasteiger partial charge in [-0.2, -0.15) is 5.10 Å². The van der Waals surface area contributed by atoms with E-state index in [2.05, 4.69) is 10.00 Å². The summed E-state index contributed by atoms with van der Waals surface area (Å²) in [5.41, 5.74) is 1.26. The van der Waals surface area contributed by atoms with Gasteiger partial charge >= 0.3 is 0 Å². The van der Waals surface area contributed by atoms with Gasteiger partial charge < -0.3 is 4.90 Å². The molecule has 0 atom stereocenters. The van der Waals surface area contributed by atoms with Crippen molar-refractivity contribution < 1.29 is 0 Å². The number of rotatable bonds is 3. The number of amidine groups is 1. The number of likely N-dealkylation sites (tertiary alicyclic amines) is 1. The summed E-state index contributed by atoms with van der Waals surface area (Å²) in [6.07, 6.45) is 7.04. The molecule has 0 bridgehead atoms. The van der Waals surface area contributed by atoms with Crippen LogP contribution in [0.5, 0.6) is 0 Å². The molecule has 1 aromatic heterocycles. The average Bonchev–Trinajstić information content (AvgIpc) is 2.72. The molecule has 2 heterocycles. The summed E-state index contributed by atoms with van der Waals surface area (Å²) in [4.78, 5) is 2.16. The Balaban J connectivity index is 1.85. The van der Waals surface area contributed by atoms with Crippen molar-refractivity contribution >= 4 is 5.84 Å². The highest BCUT2D eigenvalue weighted by atomic mass is 15.2. The van der Waals surface area contributed by atoms with E-state index in [1.165, 1.54) is 5.56 Å². The van der Waals surface area contributed by atoms with Crippen LogP contribution in [-0.2, 0) is 13.5 Å². The predicted molar refractivity (Wildman–Crippen MR) is 55.4 cm³/mol. The lowest BCUT2D eigenvalue weighted by atomic mass is 10.2. The maximum atomic E-state index is 7.68. The first-order chi connectivity index (χ1) is 6.75. The predicted octanol–water partition coefficient (Wildman–Crippen LogP) is 1.04. The van der Waals surface area contributed by atoms with Gasteiger partial charge in [-0.25, -0.2) is 0 Å². The number of hydrogen-bond donors (Lipinski definition) is 1. The van der Waals surface area contributed by atoms with Gasteiger partial charge in [0.25, 0.3) is 0 Å². The molecular weight excluding hydrogens is 176 g/mol. The SMILES string of the molecule is Cn1cc(CCN2CCCC2=N)cn1. The van der Waals surface area contributed by atoms with Gasteiger partial charge in [0, 0.05) is 32.8 Å². The van der Waals surface area contributed by atoms with Gasteiger partial charge in [-0.05, 0) is 18.4 Å². The molecule has 14 heavy (non-hydrogen) atoms. The molecule has 1 N–H and O–H groups in total. The molecule has 0 aromatic carbocycles. The third kappa shape index (κ3) is 1.95. The van der Waals surface area contributed by atoms with Crippen LogP contribution in [0.2, 0.25) is 0 Å². The first-order valence-electron chi connectivity index (χ1n) is 5.05.